The molecule has 1 N–H and O–H groups in total. The molecule has 0 atom stereocenters. The first kappa shape index (κ1) is 13.6. The molecule has 0 fully saturated rings. The zero-order chi connectivity index (χ0) is 13.7. The zero-order valence-corrected chi connectivity index (χ0v) is 11.6. The van der Waals surface area contributed by atoms with E-state index < -0.39 is 4.92 Å². The molecule has 1 aromatic carbocycles. The Labute approximate surface area is 117 Å². The number of halogens is 1. The summed E-state index contributed by atoms with van der Waals surface area (Å²) in [6.07, 6.45) is 3.43. The van der Waals surface area contributed by atoms with Gasteiger partial charge in [0.2, 0.25) is 0 Å². The number of hydrogen-bond donors (Lipinski definition) is 1. The molecule has 1 heterocycles. The lowest BCUT2D eigenvalue weighted by molar-refractivity contribution is -0.384. The summed E-state index contributed by atoms with van der Waals surface area (Å²) in [7, 11) is 0. The van der Waals surface area contributed by atoms with Crippen LogP contribution in [0.5, 0.6) is 0 Å². The molecule has 19 heavy (non-hydrogen) atoms. The quantitative estimate of drug-likeness (QED) is 0.496. The fourth-order valence-electron chi connectivity index (χ4n) is 1.56. The second kappa shape index (κ2) is 6.39. The number of nitrogens with one attached hydrogen (secondary N) is 1. The Balaban J connectivity index is 1.84. The molecule has 2 rings (SSSR count). The summed E-state index contributed by atoms with van der Waals surface area (Å²) >= 11 is 3.33. The number of nitro benzene ring substituents is 1. The van der Waals surface area contributed by atoms with Crippen LogP contribution in [0.2, 0.25) is 0 Å². The topological polar surface area (TPSA) is 85.9 Å². The van der Waals surface area contributed by atoms with E-state index in [4.69, 9.17) is 0 Å². The smallest absolute Gasteiger partial charge is 0.270 e. The average Bonchev–Trinajstić information content (AvgIpc) is 2.89. The van der Waals surface area contributed by atoms with E-state index in [1.807, 2.05) is 0 Å². The van der Waals surface area contributed by atoms with Crippen LogP contribution < -0.4 is 5.32 Å². The van der Waals surface area contributed by atoms with Crippen LogP contribution in [0.15, 0.2) is 35.1 Å². The molecule has 8 heteroatoms. The third kappa shape index (κ3) is 3.83. The van der Waals surface area contributed by atoms with Crippen molar-refractivity contribution >= 4 is 21.6 Å². The third-order valence-electron chi connectivity index (χ3n) is 2.55. The van der Waals surface area contributed by atoms with Gasteiger partial charge in [0.05, 0.1) is 17.7 Å². The highest BCUT2D eigenvalue weighted by Gasteiger charge is 2.08. The number of hydrogen-bond acceptors (Lipinski definition) is 5. The van der Waals surface area contributed by atoms with E-state index in [9.17, 15) is 10.1 Å². The van der Waals surface area contributed by atoms with Crippen LogP contribution in [-0.4, -0.2) is 26.5 Å². The molecule has 0 aliphatic carbocycles. The number of nitro groups is 1. The monoisotopic (exact) mass is 325 g/mol. The van der Waals surface area contributed by atoms with Gasteiger partial charge < -0.3 is 5.32 Å². The first-order valence-electron chi connectivity index (χ1n) is 5.64. The Morgan fingerprint density at radius 2 is 2.32 bits per heavy atom. The number of aromatic nitrogens is 3. The standard InChI is InChI=1S/C11H12BrN5O2/c12-11-7-10(17(18)19)2-1-9(11)8-13-3-5-16-6-4-14-15-16/h1-2,4,6-7,13H,3,5,8H2. The van der Waals surface area contributed by atoms with Gasteiger partial charge in [-0.3, -0.25) is 14.8 Å². The van der Waals surface area contributed by atoms with Gasteiger partial charge in [0.15, 0.2) is 0 Å². The molecule has 2 aromatic rings. The predicted molar refractivity (Wildman–Crippen MR) is 72.5 cm³/mol. The molecular formula is C11H12BrN5O2. The van der Waals surface area contributed by atoms with Gasteiger partial charge in [-0.15, -0.1) is 5.10 Å². The van der Waals surface area contributed by atoms with Crippen LogP contribution in [0, 0.1) is 10.1 Å². The summed E-state index contributed by atoms with van der Waals surface area (Å²) in [5.74, 6) is 0. The Morgan fingerprint density at radius 1 is 1.47 bits per heavy atom. The number of rotatable bonds is 6. The average molecular weight is 326 g/mol. The Bertz CT molecular complexity index is 558. The molecule has 0 bridgehead atoms. The van der Waals surface area contributed by atoms with Gasteiger partial charge in [-0.1, -0.05) is 21.1 Å². The fraction of sp³-hybridized carbons (Fsp3) is 0.273. The van der Waals surface area contributed by atoms with Crippen LogP contribution in [0.1, 0.15) is 5.56 Å². The van der Waals surface area contributed by atoms with E-state index in [1.54, 1.807) is 23.1 Å². The van der Waals surface area contributed by atoms with Crippen LogP contribution in [0.4, 0.5) is 5.69 Å². The largest absolute Gasteiger partial charge is 0.311 e. The van der Waals surface area contributed by atoms with Crippen molar-refractivity contribution in [2.45, 2.75) is 13.1 Å². The number of non-ortho nitro benzene ring substituents is 1. The number of nitrogens with zero attached hydrogens (tertiary/aromatic N) is 4. The van der Waals surface area contributed by atoms with Crippen molar-refractivity contribution in [3.05, 3.63) is 50.7 Å². The predicted octanol–water partition coefficient (Wildman–Crippen LogP) is 1.74. The van der Waals surface area contributed by atoms with Crippen LogP contribution >= 0.6 is 15.9 Å². The van der Waals surface area contributed by atoms with E-state index in [-0.39, 0.29) is 5.69 Å². The molecule has 0 spiro atoms. The van der Waals surface area contributed by atoms with Crippen molar-refractivity contribution in [1.82, 2.24) is 20.3 Å². The second-order valence-corrected chi connectivity index (χ2v) is 4.73. The number of benzene rings is 1. The molecule has 0 saturated carbocycles. The van der Waals surface area contributed by atoms with E-state index in [0.717, 1.165) is 23.1 Å². The van der Waals surface area contributed by atoms with E-state index in [1.165, 1.54) is 12.1 Å². The van der Waals surface area contributed by atoms with Crippen LogP contribution in [-0.2, 0) is 13.1 Å². The maximum absolute atomic E-state index is 10.6. The minimum atomic E-state index is -0.410. The van der Waals surface area contributed by atoms with Gasteiger partial charge in [0, 0.05) is 35.9 Å². The maximum Gasteiger partial charge on any atom is 0.270 e. The maximum atomic E-state index is 10.6. The zero-order valence-electron chi connectivity index (χ0n) is 9.99. The van der Waals surface area contributed by atoms with Crippen molar-refractivity contribution in [2.24, 2.45) is 0 Å². The minimum absolute atomic E-state index is 0.0817. The van der Waals surface area contributed by atoms with Crippen LogP contribution in [0.25, 0.3) is 0 Å². The highest BCUT2D eigenvalue weighted by molar-refractivity contribution is 9.10. The molecule has 7 nitrogen and oxygen atoms in total. The van der Waals surface area contributed by atoms with Crippen molar-refractivity contribution in [3.63, 3.8) is 0 Å². The second-order valence-electron chi connectivity index (χ2n) is 3.88. The minimum Gasteiger partial charge on any atom is -0.311 e. The van der Waals surface area contributed by atoms with Crippen LogP contribution in [0.3, 0.4) is 0 Å². The van der Waals surface area contributed by atoms with E-state index >= 15 is 0 Å². The summed E-state index contributed by atoms with van der Waals surface area (Å²) in [6.45, 7) is 2.10. The molecule has 0 aliphatic rings. The SMILES string of the molecule is O=[N+]([O-])c1ccc(CNCCn2ccnn2)c(Br)c1. The van der Waals surface area contributed by atoms with E-state index in [0.29, 0.717) is 6.54 Å². The van der Waals surface area contributed by atoms with Gasteiger partial charge >= 0.3 is 0 Å². The first-order chi connectivity index (χ1) is 9.16. The summed E-state index contributed by atoms with van der Waals surface area (Å²) in [4.78, 5) is 10.2. The summed E-state index contributed by atoms with van der Waals surface area (Å²) in [6, 6.07) is 4.75. The molecule has 0 amide bonds. The van der Waals surface area contributed by atoms with E-state index in [2.05, 4.69) is 31.6 Å². The lowest BCUT2D eigenvalue weighted by Gasteiger charge is -2.06. The fourth-order valence-corrected chi connectivity index (χ4v) is 2.07. The normalized spacial score (nSPS) is 10.6. The lowest BCUT2D eigenvalue weighted by atomic mass is 10.2. The molecular weight excluding hydrogens is 314 g/mol. The molecule has 0 unspecified atom stereocenters. The van der Waals surface area contributed by atoms with Gasteiger partial charge in [-0.05, 0) is 11.6 Å². The van der Waals surface area contributed by atoms with Crippen molar-refractivity contribution in [1.29, 1.82) is 0 Å². The Kier molecular flexibility index (Phi) is 4.58. The van der Waals surface area contributed by atoms with Gasteiger partial charge in [0.25, 0.3) is 5.69 Å². The summed E-state index contributed by atoms with van der Waals surface area (Å²) in [5.41, 5.74) is 1.06. The summed E-state index contributed by atoms with van der Waals surface area (Å²) in [5, 5.41) is 21.4. The summed E-state index contributed by atoms with van der Waals surface area (Å²) < 4.78 is 2.47. The first-order valence-corrected chi connectivity index (χ1v) is 6.44. The molecule has 0 aliphatic heterocycles. The molecule has 1 aromatic heterocycles. The molecule has 0 saturated heterocycles. The Morgan fingerprint density at radius 3 is 2.95 bits per heavy atom. The van der Waals surface area contributed by atoms with Gasteiger partial charge in [0.1, 0.15) is 0 Å². The van der Waals surface area contributed by atoms with Crippen molar-refractivity contribution < 1.29 is 4.92 Å². The molecule has 0 radical (unpaired) electrons. The van der Waals surface area contributed by atoms with Gasteiger partial charge in [-0.2, -0.15) is 0 Å². The van der Waals surface area contributed by atoms with Crippen molar-refractivity contribution in [2.75, 3.05) is 6.54 Å². The highest BCUT2D eigenvalue weighted by Crippen LogP contribution is 2.22. The highest BCUT2D eigenvalue weighted by atomic mass is 79.9. The van der Waals surface area contributed by atoms with Gasteiger partial charge in [-0.25, -0.2) is 0 Å². The molecule has 100 valence electrons. The lowest BCUT2D eigenvalue weighted by Crippen LogP contribution is -2.20. The Hall–Kier alpha value is -1.80. The van der Waals surface area contributed by atoms with Crippen molar-refractivity contribution in [3.8, 4) is 0 Å². The third-order valence-corrected chi connectivity index (χ3v) is 3.29.